The van der Waals surface area contributed by atoms with E-state index in [0.29, 0.717) is 0 Å². The summed E-state index contributed by atoms with van der Waals surface area (Å²) in [6.45, 7) is 14.6. The predicted octanol–water partition coefficient (Wildman–Crippen LogP) is 3.19. The van der Waals surface area contributed by atoms with Crippen molar-refractivity contribution in [2.45, 2.75) is 91.6 Å². The first-order valence-corrected chi connectivity index (χ1v) is 8.09. The van der Waals surface area contributed by atoms with Gasteiger partial charge in [-0.25, -0.2) is 19.6 Å². The molecule has 0 saturated carbocycles. The second kappa shape index (κ2) is 7.99. The highest BCUT2D eigenvalue weighted by Crippen LogP contribution is 2.41. The van der Waals surface area contributed by atoms with Gasteiger partial charge in [-0.15, -0.1) is 0 Å². The van der Waals surface area contributed by atoms with E-state index < -0.39 is 46.7 Å². The number of carboxylic acid groups (broad SMARTS) is 2. The Morgan fingerprint density at radius 3 is 1.56 bits per heavy atom. The topological polar surface area (TPSA) is 112 Å². The van der Waals surface area contributed by atoms with Crippen LogP contribution in [0.5, 0.6) is 0 Å². The Hall–Kier alpha value is -1.22. The first-order chi connectivity index (χ1) is 10.9. The monoisotopic (exact) mass is 364 g/mol. The predicted molar refractivity (Wildman–Crippen MR) is 89.7 cm³/mol. The minimum absolute atomic E-state index is 0.531. The van der Waals surface area contributed by atoms with Crippen LogP contribution >= 0.6 is 0 Å². The lowest BCUT2D eigenvalue weighted by Gasteiger charge is -2.44. The van der Waals surface area contributed by atoms with Crippen LogP contribution in [0.15, 0.2) is 0 Å². The molecule has 0 saturated heterocycles. The van der Waals surface area contributed by atoms with Gasteiger partial charge in [0.25, 0.3) is 0 Å². The van der Waals surface area contributed by atoms with Crippen LogP contribution in [0.25, 0.3) is 0 Å². The molecule has 0 amide bonds. The van der Waals surface area contributed by atoms with Crippen LogP contribution in [-0.4, -0.2) is 45.1 Å². The van der Waals surface area contributed by atoms with E-state index in [9.17, 15) is 19.8 Å². The molecule has 0 aromatic rings. The van der Waals surface area contributed by atoms with E-state index >= 15 is 0 Å². The molecule has 0 radical (unpaired) electrons. The molecule has 148 valence electrons. The summed E-state index contributed by atoms with van der Waals surface area (Å²) >= 11 is 0. The van der Waals surface area contributed by atoms with E-state index in [1.54, 1.807) is 41.5 Å². The molecular formula is C17H32O8. The third-order valence-corrected chi connectivity index (χ3v) is 3.63. The molecule has 25 heavy (non-hydrogen) atoms. The molecule has 2 N–H and O–H groups in total. The van der Waals surface area contributed by atoms with Crippen LogP contribution in [0.2, 0.25) is 0 Å². The summed E-state index contributed by atoms with van der Waals surface area (Å²) in [6.07, 6.45) is -1.77. The van der Waals surface area contributed by atoms with Crippen molar-refractivity contribution in [1.29, 1.82) is 0 Å². The average Bonchev–Trinajstić information content (AvgIpc) is 2.38. The van der Waals surface area contributed by atoms with Crippen molar-refractivity contribution in [2.24, 2.45) is 5.41 Å². The lowest BCUT2D eigenvalue weighted by atomic mass is 9.72. The molecule has 0 aliphatic carbocycles. The maximum Gasteiger partial charge on any atom is 0.312 e. The molecule has 0 rings (SSSR count). The third-order valence-electron chi connectivity index (χ3n) is 3.63. The minimum atomic E-state index is -1.66. The van der Waals surface area contributed by atoms with Gasteiger partial charge in [-0.2, -0.15) is 0 Å². The zero-order valence-corrected chi connectivity index (χ0v) is 16.6. The minimum Gasteiger partial charge on any atom is -0.481 e. The van der Waals surface area contributed by atoms with Crippen molar-refractivity contribution in [1.82, 2.24) is 0 Å². The van der Waals surface area contributed by atoms with Gasteiger partial charge < -0.3 is 10.2 Å². The quantitative estimate of drug-likeness (QED) is 0.474. The standard InChI is InChI=1S/C17H32O8/c1-14(2,3)23-22-11(10-12(18)19)17(9,16(7,8)13(20)21)25-24-15(4,5)6/h11H,10H2,1-9H3,(H,18,19)(H,20,21). The van der Waals surface area contributed by atoms with Gasteiger partial charge in [0.2, 0.25) is 0 Å². The smallest absolute Gasteiger partial charge is 0.312 e. The fourth-order valence-electron chi connectivity index (χ4n) is 1.67. The maximum absolute atomic E-state index is 11.8. The lowest BCUT2D eigenvalue weighted by Crippen LogP contribution is -2.59. The van der Waals surface area contributed by atoms with Crippen LogP contribution in [-0.2, 0) is 29.1 Å². The Kier molecular flexibility index (Phi) is 7.60. The van der Waals surface area contributed by atoms with Crippen molar-refractivity contribution in [3.05, 3.63) is 0 Å². The molecule has 0 fully saturated rings. The van der Waals surface area contributed by atoms with Crippen molar-refractivity contribution in [3.8, 4) is 0 Å². The Morgan fingerprint density at radius 2 is 1.24 bits per heavy atom. The molecule has 0 spiro atoms. The summed E-state index contributed by atoms with van der Waals surface area (Å²) in [7, 11) is 0. The Labute approximate surface area is 149 Å². The van der Waals surface area contributed by atoms with Crippen LogP contribution < -0.4 is 0 Å². The molecular weight excluding hydrogens is 332 g/mol. The summed E-state index contributed by atoms with van der Waals surface area (Å²) in [6, 6.07) is 0. The molecule has 0 aromatic carbocycles. The molecule has 0 bridgehead atoms. The number of hydrogen-bond acceptors (Lipinski definition) is 6. The summed E-state index contributed by atoms with van der Waals surface area (Å²) < 4.78 is 0. The first kappa shape index (κ1) is 23.8. The Bertz CT molecular complexity index is 472. The van der Waals surface area contributed by atoms with E-state index in [-0.39, 0.29) is 0 Å². The van der Waals surface area contributed by atoms with Crippen molar-refractivity contribution in [2.75, 3.05) is 0 Å². The average molecular weight is 364 g/mol. The first-order valence-electron chi connectivity index (χ1n) is 8.09. The van der Waals surface area contributed by atoms with E-state index in [2.05, 4.69) is 0 Å². The van der Waals surface area contributed by atoms with E-state index in [1.165, 1.54) is 20.8 Å². The number of hydrogen-bond donors (Lipinski definition) is 2. The van der Waals surface area contributed by atoms with E-state index in [1.807, 2.05) is 0 Å². The number of carbonyl (C=O) groups is 2. The largest absolute Gasteiger partial charge is 0.481 e. The van der Waals surface area contributed by atoms with Gasteiger partial charge in [-0.3, -0.25) is 9.59 Å². The number of carboxylic acids is 2. The van der Waals surface area contributed by atoms with Crippen molar-refractivity contribution >= 4 is 11.9 Å². The van der Waals surface area contributed by atoms with Gasteiger partial charge >= 0.3 is 11.9 Å². The van der Waals surface area contributed by atoms with Crippen LogP contribution in [0, 0.1) is 5.41 Å². The number of rotatable bonds is 9. The molecule has 2 atom stereocenters. The van der Waals surface area contributed by atoms with E-state index in [4.69, 9.17) is 19.6 Å². The van der Waals surface area contributed by atoms with Gasteiger partial charge in [0.05, 0.1) is 23.0 Å². The fourth-order valence-corrected chi connectivity index (χ4v) is 1.67. The molecule has 8 heteroatoms. The highest BCUT2D eigenvalue weighted by molar-refractivity contribution is 5.76. The molecule has 2 unspecified atom stereocenters. The van der Waals surface area contributed by atoms with Gasteiger partial charge in [0, 0.05) is 0 Å². The molecule has 0 aliphatic heterocycles. The fraction of sp³-hybridized carbons (Fsp3) is 0.882. The van der Waals surface area contributed by atoms with Crippen molar-refractivity contribution < 1.29 is 39.4 Å². The number of aliphatic carboxylic acids is 2. The zero-order chi connectivity index (χ0) is 20.3. The molecule has 0 aliphatic rings. The highest BCUT2D eigenvalue weighted by atomic mass is 17.2. The third kappa shape index (κ3) is 7.27. The van der Waals surface area contributed by atoms with Crippen LogP contribution in [0.3, 0.4) is 0 Å². The SMILES string of the molecule is CC(C)(C)OOC(CC(=O)O)C(C)(OOC(C)(C)C)C(C)(C)C(=O)O. The maximum atomic E-state index is 11.8. The van der Waals surface area contributed by atoms with Crippen molar-refractivity contribution in [3.63, 3.8) is 0 Å². The normalized spacial score (nSPS) is 17.0. The lowest BCUT2D eigenvalue weighted by molar-refractivity contribution is -0.467. The van der Waals surface area contributed by atoms with Gasteiger partial charge in [0.1, 0.15) is 11.7 Å². The molecule has 0 heterocycles. The second-order valence-corrected chi connectivity index (χ2v) is 8.69. The van der Waals surface area contributed by atoms with Gasteiger partial charge in [-0.05, 0) is 62.3 Å². The van der Waals surface area contributed by atoms with Gasteiger partial charge in [0.15, 0.2) is 0 Å². The zero-order valence-electron chi connectivity index (χ0n) is 16.6. The summed E-state index contributed by atoms with van der Waals surface area (Å²) in [5.41, 5.74) is -4.67. The Morgan fingerprint density at radius 1 is 0.800 bits per heavy atom. The molecule has 8 nitrogen and oxygen atoms in total. The van der Waals surface area contributed by atoms with E-state index in [0.717, 1.165) is 0 Å². The second-order valence-electron chi connectivity index (χ2n) is 8.69. The Balaban J connectivity index is 5.88. The van der Waals surface area contributed by atoms with Gasteiger partial charge in [-0.1, -0.05) is 0 Å². The van der Waals surface area contributed by atoms with Crippen LogP contribution in [0.1, 0.15) is 68.7 Å². The molecule has 0 aromatic heterocycles. The highest BCUT2D eigenvalue weighted by Gasteiger charge is 2.57. The summed E-state index contributed by atoms with van der Waals surface area (Å²) in [4.78, 5) is 44.5. The van der Waals surface area contributed by atoms with Crippen LogP contribution in [0.4, 0.5) is 0 Å². The summed E-state index contributed by atoms with van der Waals surface area (Å²) in [5.74, 6) is -2.38. The summed E-state index contributed by atoms with van der Waals surface area (Å²) in [5, 5.41) is 18.9.